The molecule has 0 saturated carbocycles. The fourth-order valence-electron chi connectivity index (χ4n) is 2.29. The number of ether oxygens (including phenoxy) is 1. The zero-order chi connectivity index (χ0) is 14.8. The molecule has 108 valence electrons. The first-order valence-electron chi connectivity index (χ1n) is 6.47. The summed E-state index contributed by atoms with van der Waals surface area (Å²) in [5, 5.41) is 3.24. The van der Waals surface area contributed by atoms with Crippen molar-refractivity contribution in [2.75, 3.05) is 6.61 Å². The number of nitrogens with zero attached hydrogens (tertiary/aromatic N) is 1. The molecule has 0 unspecified atom stereocenters. The summed E-state index contributed by atoms with van der Waals surface area (Å²) in [6.45, 7) is 1.06. The molecule has 0 fully saturated rings. The van der Waals surface area contributed by atoms with Crippen molar-refractivity contribution >= 4 is 33.4 Å². The smallest absolute Gasteiger partial charge is 0.254 e. The van der Waals surface area contributed by atoms with Crippen LogP contribution in [0.2, 0.25) is 5.02 Å². The molecule has 2 aromatic rings. The molecule has 4 nitrogen and oxygen atoms in total. The lowest BCUT2D eigenvalue weighted by Gasteiger charge is -2.11. The van der Waals surface area contributed by atoms with Crippen LogP contribution in [0.25, 0.3) is 0 Å². The molecule has 3 rings (SSSR count). The molecule has 2 heterocycles. The number of nitrogens with one attached hydrogen (secondary N) is 1. The van der Waals surface area contributed by atoms with Gasteiger partial charge in [0.05, 0.1) is 17.2 Å². The van der Waals surface area contributed by atoms with E-state index in [1.807, 2.05) is 12.1 Å². The fraction of sp³-hybridized carbons (Fsp3) is 0.200. The van der Waals surface area contributed by atoms with Crippen LogP contribution in [0.1, 0.15) is 21.5 Å². The van der Waals surface area contributed by atoms with Gasteiger partial charge in [-0.1, -0.05) is 27.5 Å². The third-order valence-corrected chi connectivity index (χ3v) is 4.06. The van der Waals surface area contributed by atoms with Gasteiger partial charge < -0.3 is 10.1 Å². The van der Waals surface area contributed by atoms with Crippen LogP contribution in [0, 0.1) is 0 Å². The molecule has 0 atom stereocenters. The minimum absolute atomic E-state index is 0.250. The molecule has 1 N–H and O–H groups in total. The molecule has 0 aliphatic carbocycles. The van der Waals surface area contributed by atoms with Gasteiger partial charge in [0, 0.05) is 35.4 Å². The summed E-state index contributed by atoms with van der Waals surface area (Å²) < 4.78 is 6.62. The molecular formula is C15H12BrClN2O2. The van der Waals surface area contributed by atoms with Crippen LogP contribution in [0.3, 0.4) is 0 Å². The average Bonchev–Trinajstić information content (AvgIpc) is 2.93. The van der Waals surface area contributed by atoms with Crippen LogP contribution in [0.15, 0.2) is 35.1 Å². The standard InChI is InChI=1S/C15H12BrClN2O2/c16-11-5-9-2-4-21-14(9)10(6-11)7-19-15(20)12-8-18-3-1-13(12)17/h1,3,5-6,8H,2,4,7H2,(H,19,20). The van der Waals surface area contributed by atoms with E-state index < -0.39 is 0 Å². The third-order valence-electron chi connectivity index (χ3n) is 3.28. The molecule has 0 spiro atoms. The van der Waals surface area contributed by atoms with E-state index in [-0.39, 0.29) is 5.91 Å². The minimum atomic E-state index is -0.250. The van der Waals surface area contributed by atoms with Gasteiger partial charge in [-0.05, 0) is 23.8 Å². The second-order valence-corrected chi connectivity index (χ2v) is 6.01. The van der Waals surface area contributed by atoms with Gasteiger partial charge in [-0.15, -0.1) is 0 Å². The number of hydrogen-bond acceptors (Lipinski definition) is 3. The van der Waals surface area contributed by atoms with Gasteiger partial charge in [0.1, 0.15) is 5.75 Å². The third kappa shape index (κ3) is 3.04. The Bertz CT molecular complexity index is 706. The number of benzene rings is 1. The molecule has 1 aromatic carbocycles. The quantitative estimate of drug-likeness (QED) is 0.905. The summed E-state index contributed by atoms with van der Waals surface area (Å²) in [6, 6.07) is 5.59. The number of carbonyl (C=O) groups is 1. The maximum absolute atomic E-state index is 12.1. The predicted molar refractivity (Wildman–Crippen MR) is 83.8 cm³/mol. The number of amides is 1. The van der Waals surface area contributed by atoms with E-state index in [1.165, 1.54) is 6.20 Å². The molecule has 0 saturated heterocycles. The Labute approximate surface area is 135 Å². The van der Waals surface area contributed by atoms with E-state index in [9.17, 15) is 4.79 Å². The van der Waals surface area contributed by atoms with Gasteiger partial charge in [-0.3, -0.25) is 9.78 Å². The van der Waals surface area contributed by atoms with E-state index in [4.69, 9.17) is 16.3 Å². The number of hydrogen-bond donors (Lipinski definition) is 1. The second kappa shape index (κ2) is 6.03. The molecule has 21 heavy (non-hydrogen) atoms. The molecule has 1 amide bonds. The van der Waals surface area contributed by atoms with E-state index >= 15 is 0 Å². The topological polar surface area (TPSA) is 51.2 Å². The Hall–Kier alpha value is -1.59. The number of fused-ring (bicyclic) bond motifs is 1. The Morgan fingerprint density at radius 3 is 3.14 bits per heavy atom. The SMILES string of the molecule is O=C(NCc1cc(Br)cc2c1OCC2)c1cnccc1Cl. The number of rotatable bonds is 3. The molecular weight excluding hydrogens is 356 g/mol. The van der Waals surface area contributed by atoms with Gasteiger partial charge in [-0.25, -0.2) is 0 Å². The number of carbonyl (C=O) groups excluding carboxylic acids is 1. The Morgan fingerprint density at radius 2 is 2.33 bits per heavy atom. The van der Waals surface area contributed by atoms with Crippen LogP contribution in [-0.2, 0) is 13.0 Å². The molecule has 6 heteroatoms. The number of halogens is 2. The maximum Gasteiger partial charge on any atom is 0.254 e. The summed E-state index contributed by atoms with van der Waals surface area (Å²) in [5.41, 5.74) is 2.48. The van der Waals surface area contributed by atoms with Crippen molar-refractivity contribution in [2.24, 2.45) is 0 Å². The van der Waals surface area contributed by atoms with Gasteiger partial charge in [0.25, 0.3) is 5.91 Å². The van der Waals surface area contributed by atoms with Crippen molar-refractivity contribution in [3.63, 3.8) is 0 Å². The monoisotopic (exact) mass is 366 g/mol. The summed E-state index contributed by atoms with van der Waals surface area (Å²) >= 11 is 9.47. The number of aromatic nitrogens is 1. The van der Waals surface area contributed by atoms with Gasteiger partial charge in [-0.2, -0.15) is 0 Å². The van der Waals surface area contributed by atoms with Crippen molar-refractivity contribution in [3.05, 3.63) is 56.8 Å². The summed E-state index contributed by atoms with van der Waals surface area (Å²) in [4.78, 5) is 16.1. The highest BCUT2D eigenvalue weighted by Crippen LogP contribution is 2.32. The van der Waals surface area contributed by atoms with Crippen LogP contribution in [0.5, 0.6) is 5.75 Å². The van der Waals surface area contributed by atoms with E-state index in [0.29, 0.717) is 23.7 Å². The normalized spacial score (nSPS) is 12.7. The lowest BCUT2D eigenvalue weighted by atomic mass is 10.1. The Morgan fingerprint density at radius 1 is 1.48 bits per heavy atom. The summed E-state index contributed by atoms with van der Waals surface area (Å²) in [6.07, 6.45) is 3.90. The first-order valence-corrected chi connectivity index (χ1v) is 7.64. The predicted octanol–water partition coefficient (Wildman–Crippen LogP) is 3.36. The van der Waals surface area contributed by atoms with E-state index in [1.54, 1.807) is 12.3 Å². The van der Waals surface area contributed by atoms with Crippen LogP contribution in [0.4, 0.5) is 0 Å². The van der Waals surface area contributed by atoms with Crippen molar-refractivity contribution in [1.82, 2.24) is 10.3 Å². The van der Waals surface area contributed by atoms with Crippen LogP contribution < -0.4 is 10.1 Å². The highest BCUT2D eigenvalue weighted by atomic mass is 79.9. The summed E-state index contributed by atoms with van der Waals surface area (Å²) in [7, 11) is 0. The highest BCUT2D eigenvalue weighted by molar-refractivity contribution is 9.10. The van der Waals surface area contributed by atoms with Crippen molar-refractivity contribution < 1.29 is 9.53 Å². The van der Waals surface area contributed by atoms with Gasteiger partial charge in [0.15, 0.2) is 0 Å². The van der Waals surface area contributed by atoms with E-state index in [2.05, 4.69) is 26.2 Å². The minimum Gasteiger partial charge on any atom is -0.493 e. The highest BCUT2D eigenvalue weighted by Gasteiger charge is 2.18. The fourth-order valence-corrected chi connectivity index (χ4v) is 3.04. The zero-order valence-electron chi connectivity index (χ0n) is 11.0. The van der Waals surface area contributed by atoms with Crippen molar-refractivity contribution in [2.45, 2.75) is 13.0 Å². The van der Waals surface area contributed by atoms with Gasteiger partial charge >= 0.3 is 0 Å². The number of pyridine rings is 1. The van der Waals surface area contributed by atoms with Crippen molar-refractivity contribution in [3.8, 4) is 5.75 Å². The van der Waals surface area contributed by atoms with Crippen molar-refractivity contribution in [1.29, 1.82) is 0 Å². The van der Waals surface area contributed by atoms with Crippen LogP contribution >= 0.6 is 27.5 Å². The van der Waals surface area contributed by atoms with E-state index in [0.717, 1.165) is 27.8 Å². The van der Waals surface area contributed by atoms with Gasteiger partial charge in [0.2, 0.25) is 0 Å². The first kappa shape index (κ1) is 14.4. The van der Waals surface area contributed by atoms with Crippen LogP contribution in [-0.4, -0.2) is 17.5 Å². The molecule has 1 aliphatic heterocycles. The zero-order valence-corrected chi connectivity index (χ0v) is 13.4. The lowest BCUT2D eigenvalue weighted by molar-refractivity contribution is 0.0950. The largest absolute Gasteiger partial charge is 0.493 e. The Balaban J connectivity index is 1.77. The first-order chi connectivity index (χ1) is 10.1. The molecule has 0 bridgehead atoms. The maximum atomic E-state index is 12.1. The summed E-state index contributed by atoms with van der Waals surface area (Å²) in [5.74, 6) is 0.621. The molecule has 1 aliphatic rings. The molecule has 0 radical (unpaired) electrons. The average molecular weight is 368 g/mol. The molecule has 1 aromatic heterocycles. The second-order valence-electron chi connectivity index (χ2n) is 4.69. The lowest BCUT2D eigenvalue weighted by Crippen LogP contribution is -2.23. The Kier molecular flexibility index (Phi) is 4.12.